The lowest BCUT2D eigenvalue weighted by molar-refractivity contribution is 0.589. The first-order valence-electron chi connectivity index (χ1n) is 10.8. The third-order valence-corrected chi connectivity index (χ3v) is 5.74. The summed E-state index contributed by atoms with van der Waals surface area (Å²) < 4.78 is 0. The number of allylic oxidation sites excluding steroid dienone is 5. The molecule has 2 rings (SSSR count). The highest BCUT2D eigenvalue weighted by Crippen LogP contribution is 2.29. The Kier molecular flexibility index (Phi) is 7.69. The number of terminal acetylenes is 1. The molecule has 0 amide bonds. The average molecular weight is 397 g/mol. The van der Waals surface area contributed by atoms with Crippen molar-refractivity contribution in [3.8, 4) is 12.3 Å². The molecule has 0 saturated carbocycles. The molecule has 0 bridgehead atoms. The summed E-state index contributed by atoms with van der Waals surface area (Å²) in [5.41, 5.74) is 11.7. The van der Waals surface area contributed by atoms with Crippen LogP contribution in [0.1, 0.15) is 74.9 Å². The molecule has 0 radical (unpaired) electrons. The first-order valence-corrected chi connectivity index (χ1v) is 10.8. The third-order valence-electron chi connectivity index (χ3n) is 5.74. The molecule has 0 aliphatic heterocycles. The normalized spacial score (nSPS) is 12.6. The first kappa shape index (κ1) is 23.5. The molecule has 30 heavy (non-hydrogen) atoms. The van der Waals surface area contributed by atoms with E-state index >= 15 is 0 Å². The van der Waals surface area contributed by atoms with Crippen LogP contribution in [0.15, 0.2) is 60.7 Å². The maximum absolute atomic E-state index is 5.36. The maximum atomic E-state index is 5.36. The van der Waals surface area contributed by atoms with E-state index in [0.29, 0.717) is 0 Å². The van der Waals surface area contributed by atoms with E-state index in [0.717, 1.165) is 18.4 Å². The van der Waals surface area contributed by atoms with Gasteiger partial charge in [-0.3, -0.25) is 0 Å². The number of hydrogen-bond acceptors (Lipinski definition) is 0. The molecule has 0 nitrogen and oxygen atoms in total. The highest BCUT2D eigenvalue weighted by molar-refractivity contribution is 5.75. The topological polar surface area (TPSA) is 0 Å². The highest BCUT2D eigenvalue weighted by Gasteiger charge is 2.15. The van der Waals surface area contributed by atoms with Gasteiger partial charge in [-0.05, 0) is 89.6 Å². The predicted molar refractivity (Wildman–Crippen MR) is 135 cm³/mol. The van der Waals surface area contributed by atoms with E-state index in [1.807, 2.05) is 6.08 Å². The molecule has 0 unspecified atom stereocenters. The minimum Gasteiger partial charge on any atom is -0.115 e. The van der Waals surface area contributed by atoms with Gasteiger partial charge in [-0.25, -0.2) is 0 Å². The lowest BCUT2D eigenvalue weighted by Crippen LogP contribution is -2.12. The van der Waals surface area contributed by atoms with Crippen LogP contribution in [0.5, 0.6) is 0 Å². The minimum absolute atomic E-state index is 0.148. The highest BCUT2D eigenvalue weighted by atomic mass is 14.2. The molecule has 0 fully saturated rings. The Morgan fingerprint density at radius 3 is 2.40 bits per heavy atom. The summed E-state index contributed by atoms with van der Waals surface area (Å²) in [6, 6.07) is 13.7. The van der Waals surface area contributed by atoms with E-state index in [2.05, 4.69) is 97.4 Å². The minimum atomic E-state index is 0.148. The van der Waals surface area contributed by atoms with Crippen molar-refractivity contribution in [1.29, 1.82) is 0 Å². The molecule has 2 aromatic rings. The summed E-state index contributed by atoms with van der Waals surface area (Å²) in [6.07, 6.45) is 11.0. The molecule has 0 atom stereocenters. The smallest absolute Gasteiger partial charge is 0.00255 e. The van der Waals surface area contributed by atoms with Crippen LogP contribution in [0.4, 0.5) is 0 Å². The van der Waals surface area contributed by atoms with Crippen LogP contribution in [0.3, 0.4) is 0 Å². The van der Waals surface area contributed by atoms with Gasteiger partial charge in [0.2, 0.25) is 0 Å². The second kappa shape index (κ2) is 9.82. The van der Waals surface area contributed by atoms with Crippen molar-refractivity contribution >= 4 is 11.1 Å². The van der Waals surface area contributed by atoms with Crippen LogP contribution in [-0.2, 0) is 18.3 Å². The van der Waals surface area contributed by atoms with Gasteiger partial charge < -0.3 is 0 Å². The largest absolute Gasteiger partial charge is 0.115 e. The zero-order valence-electron chi connectivity index (χ0n) is 19.8. The van der Waals surface area contributed by atoms with E-state index in [4.69, 9.17) is 6.42 Å². The lowest BCUT2D eigenvalue weighted by atomic mass is 9.84. The van der Waals surface area contributed by atoms with Crippen LogP contribution >= 0.6 is 0 Å². The first-order chi connectivity index (χ1) is 14.1. The lowest BCUT2D eigenvalue weighted by Gasteiger charge is -2.21. The summed E-state index contributed by atoms with van der Waals surface area (Å²) in [4.78, 5) is 0. The summed E-state index contributed by atoms with van der Waals surface area (Å²) in [7, 11) is 0. The van der Waals surface area contributed by atoms with Gasteiger partial charge in [0, 0.05) is 0 Å². The summed E-state index contributed by atoms with van der Waals surface area (Å²) in [5.74, 6) is 2.57. The van der Waals surface area contributed by atoms with Gasteiger partial charge >= 0.3 is 0 Å². The van der Waals surface area contributed by atoms with Gasteiger partial charge in [0.05, 0.1) is 0 Å². The zero-order chi connectivity index (χ0) is 22.5. The van der Waals surface area contributed by atoms with E-state index < -0.39 is 0 Å². The molecular weight excluding hydrogens is 360 g/mol. The second-order valence-electron chi connectivity index (χ2n) is 9.27. The van der Waals surface area contributed by atoms with Crippen LogP contribution in [-0.4, -0.2) is 0 Å². The molecule has 156 valence electrons. The Balaban J connectivity index is 2.36. The van der Waals surface area contributed by atoms with Crippen molar-refractivity contribution in [3.05, 3.63) is 94.1 Å². The molecule has 0 N–H and O–H groups in total. The fraction of sp³-hybridized carbons (Fsp3) is 0.333. The van der Waals surface area contributed by atoms with Gasteiger partial charge in [0.1, 0.15) is 0 Å². The molecule has 0 heterocycles. The van der Waals surface area contributed by atoms with Crippen molar-refractivity contribution in [1.82, 2.24) is 0 Å². The Labute approximate surface area is 184 Å². The van der Waals surface area contributed by atoms with Gasteiger partial charge in [0.25, 0.3) is 0 Å². The van der Waals surface area contributed by atoms with Gasteiger partial charge in [0.15, 0.2) is 0 Å². The molecule has 2 aromatic carbocycles. The summed E-state index contributed by atoms with van der Waals surface area (Å²) in [6.45, 7) is 19.9. The van der Waals surface area contributed by atoms with E-state index in [1.165, 1.54) is 44.5 Å². The predicted octanol–water partition coefficient (Wildman–Crippen LogP) is 8.09. The fourth-order valence-corrected chi connectivity index (χ4v) is 3.73. The summed E-state index contributed by atoms with van der Waals surface area (Å²) in [5, 5.41) is 0. The van der Waals surface area contributed by atoms with Crippen molar-refractivity contribution in [2.75, 3.05) is 0 Å². The van der Waals surface area contributed by atoms with Crippen LogP contribution < -0.4 is 0 Å². The maximum Gasteiger partial charge on any atom is -0.00255 e. The van der Waals surface area contributed by atoms with Crippen LogP contribution in [0.2, 0.25) is 0 Å². The molecule has 0 aliphatic rings. The fourth-order valence-electron chi connectivity index (χ4n) is 3.73. The Hall–Kier alpha value is -2.78. The second-order valence-corrected chi connectivity index (χ2v) is 9.27. The number of rotatable bonds is 6. The van der Waals surface area contributed by atoms with Gasteiger partial charge in [-0.1, -0.05) is 88.2 Å². The average Bonchev–Trinajstić information content (AvgIpc) is 2.69. The molecule has 0 aliphatic carbocycles. The van der Waals surface area contributed by atoms with Crippen LogP contribution in [0, 0.1) is 19.3 Å². The number of benzene rings is 2. The molecule has 0 saturated heterocycles. The van der Waals surface area contributed by atoms with Crippen molar-refractivity contribution < 1.29 is 0 Å². The third kappa shape index (κ3) is 5.87. The standard InChI is InChI=1S/C30H36/c1-10-12-13-22(4)24(6)29-15-14-27(20-26(29)11-2)23(5)18-25-16-21(3)17-28(19-25)30(7,8)9/h1,12-17,19-20H,5,11,18H2,2-4,6-9H3/b13-12-,24-22+. The monoisotopic (exact) mass is 396 g/mol. The number of aryl methyl sites for hydroxylation is 2. The zero-order valence-corrected chi connectivity index (χ0v) is 19.8. The van der Waals surface area contributed by atoms with Crippen molar-refractivity contribution in [2.45, 2.75) is 66.7 Å². The van der Waals surface area contributed by atoms with Gasteiger partial charge in [-0.15, -0.1) is 6.42 Å². The molecule has 0 spiro atoms. The van der Waals surface area contributed by atoms with Gasteiger partial charge in [-0.2, -0.15) is 0 Å². The Bertz CT molecular complexity index is 1030. The van der Waals surface area contributed by atoms with E-state index in [1.54, 1.807) is 6.08 Å². The quantitative estimate of drug-likeness (QED) is 0.342. The SMILES string of the molecule is C#C/C=C\C(C)=C(/C)c1ccc(C(=C)Cc2cc(C)cc(C(C)(C)C)c2)cc1CC. The molecule has 0 aromatic heterocycles. The molecular formula is C30H36. The van der Waals surface area contributed by atoms with E-state index in [-0.39, 0.29) is 5.41 Å². The van der Waals surface area contributed by atoms with E-state index in [9.17, 15) is 0 Å². The van der Waals surface area contributed by atoms with Crippen molar-refractivity contribution in [3.63, 3.8) is 0 Å². The van der Waals surface area contributed by atoms with Crippen LogP contribution in [0.25, 0.3) is 11.1 Å². The Morgan fingerprint density at radius 1 is 1.10 bits per heavy atom. The number of hydrogen-bond donors (Lipinski definition) is 0. The van der Waals surface area contributed by atoms with Crippen molar-refractivity contribution in [2.24, 2.45) is 0 Å². The Morgan fingerprint density at radius 2 is 1.80 bits per heavy atom. The summed E-state index contributed by atoms with van der Waals surface area (Å²) >= 11 is 0. The molecule has 0 heteroatoms.